The second-order valence-corrected chi connectivity index (χ2v) is 6.57. The SMILES string of the molecule is NNC(=O)C1CCCN(C(=O)c2ccc(OCC3CCCO3)cc2)C1. The first-order valence-electron chi connectivity index (χ1n) is 8.81. The van der Waals surface area contributed by atoms with Crippen molar-refractivity contribution in [2.75, 3.05) is 26.3 Å². The molecule has 0 radical (unpaired) electrons. The number of carbonyl (C=O) groups excluding carboxylic acids is 2. The van der Waals surface area contributed by atoms with Crippen LogP contribution in [0.2, 0.25) is 0 Å². The predicted molar refractivity (Wildman–Crippen MR) is 91.9 cm³/mol. The number of benzene rings is 1. The zero-order valence-electron chi connectivity index (χ0n) is 14.3. The topological polar surface area (TPSA) is 93.9 Å². The quantitative estimate of drug-likeness (QED) is 0.472. The smallest absolute Gasteiger partial charge is 0.253 e. The third kappa shape index (κ3) is 4.49. The minimum atomic E-state index is -0.239. The third-order valence-electron chi connectivity index (χ3n) is 4.78. The van der Waals surface area contributed by atoms with E-state index in [1.807, 2.05) is 0 Å². The molecule has 25 heavy (non-hydrogen) atoms. The van der Waals surface area contributed by atoms with E-state index >= 15 is 0 Å². The normalized spacial score (nSPS) is 23.3. The Morgan fingerprint density at radius 3 is 2.72 bits per heavy atom. The van der Waals surface area contributed by atoms with E-state index < -0.39 is 0 Å². The first-order chi connectivity index (χ1) is 12.2. The van der Waals surface area contributed by atoms with Gasteiger partial charge >= 0.3 is 0 Å². The van der Waals surface area contributed by atoms with E-state index in [0.717, 1.165) is 38.0 Å². The number of likely N-dealkylation sites (tertiary alicyclic amines) is 1. The van der Waals surface area contributed by atoms with Gasteiger partial charge in [-0.05, 0) is 49.9 Å². The average Bonchev–Trinajstić information content (AvgIpc) is 3.19. The molecule has 7 nitrogen and oxygen atoms in total. The highest BCUT2D eigenvalue weighted by molar-refractivity contribution is 5.94. The fourth-order valence-electron chi connectivity index (χ4n) is 3.33. The van der Waals surface area contributed by atoms with Crippen molar-refractivity contribution >= 4 is 11.8 Å². The summed E-state index contributed by atoms with van der Waals surface area (Å²) in [5, 5.41) is 0. The second kappa shape index (κ2) is 8.31. The highest BCUT2D eigenvalue weighted by atomic mass is 16.5. The van der Waals surface area contributed by atoms with Gasteiger partial charge in [0.05, 0.1) is 12.0 Å². The molecular formula is C18H25N3O4. The number of hydrazine groups is 1. The minimum Gasteiger partial charge on any atom is -0.491 e. The molecule has 136 valence electrons. The number of nitrogens with one attached hydrogen (secondary N) is 1. The van der Waals surface area contributed by atoms with Crippen molar-refractivity contribution in [3.8, 4) is 5.75 Å². The van der Waals surface area contributed by atoms with Gasteiger partial charge in [0.15, 0.2) is 0 Å². The molecule has 7 heteroatoms. The number of nitrogens with two attached hydrogens (primary N) is 1. The number of ether oxygens (including phenoxy) is 2. The first kappa shape index (κ1) is 17.7. The van der Waals surface area contributed by atoms with Gasteiger partial charge in [0.25, 0.3) is 5.91 Å². The van der Waals surface area contributed by atoms with E-state index in [2.05, 4.69) is 5.43 Å². The van der Waals surface area contributed by atoms with Crippen LogP contribution in [0.3, 0.4) is 0 Å². The molecule has 1 aromatic rings. The molecule has 0 aliphatic carbocycles. The van der Waals surface area contributed by atoms with Gasteiger partial charge in [0, 0.05) is 25.3 Å². The number of amides is 2. The Labute approximate surface area is 147 Å². The van der Waals surface area contributed by atoms with E-state index in [1.54, 1.807) is 29.2 Å². The summed E-state index contributed by atoms with van der Waals surface area (Å²) in [6.45, 7) is 2.40. The fourth-order valence-corrected chi connectivity index (χ4v) is 3.33. The number of carbonyl (C=O) groups is 2. The zero-order chi connectivity index (χ0) is 17.6. The molecule has 0 bridgehead atoms. The Morgan fingerprint density at radius 2 is 2.04 bits per heavy atom. The Morgan fingerprint density at radius 1 is 1.24 bits per heavy atom. The van der Waals surface area contributed by atoms with Crippen LogP contribution < -0.4 is 16.0 Å². The van der Waals surface area contributed by atoms with E-state index in [-0.39, 0.29) is 23.8 Å². The van der Waals surface area contributed by atoms with E-state index in [1.165, 1.54) is 0 Å². The maximum Gasteiger partial charge on any atom is 0.253 e. The number of hydrogen-bond acceptors (Lipinski definition) is 5. The monoisotopic (exact) mass is 347 g/mol. The van der Waals surface area contributed by atoms with Crippen LogP contribution in [0.5, 0.6) is 5.75 Å². The van der Waals surface area contributed by atoms with Crippen LogP contribution in [-0.4, -0.2) is 49.1 Å². The molecular weight excluding hydrogens is 322 g/mol. The maximum absolute atomic E-state index is 12.6. The van der Waals surface area contributed by atoms with Gasteiger partial charge in [0.2, 0.25) is 5.91 Å². The van der Waals surface area contributed by atoms with Gasteiger partial charge in [-0.1, -0.05) is 0 Å². The van der Waals surface area contributed by atoms with Gasteiger partial charge in [0.1, 0.15) is 12.4 Å². The molecule has 0 aromatic heterocycles. The zero-order valence-corrected chi connectivity index (χ0v) is 14.3. The third-order valence-corrected chi connectivity index (χ3v) is 4.78. The molecule has 2 aliphatic heterocycles. The lowest BCUT2D eigenvalue weighted by atomic mass is 9.97. The van der Waals surface area contributed by atoms with Crippen molar-refractivity contribution < 1.29 is 19.1 Å². The van der Waals surface area contributed by atoms with Gasteiger partial charge < -0.3 is 14.4 Å². The average molecular weight is 347 g/mol. The Bertz CT molecular complexity index is 599. The number of hydrogen-bond donors (Lipinski definition) is 2. The first-order valence-corrected chi connectivity index (χ1v) is 8.81. The fraction of sp³-hybridized carbons (Fsp3) is 0.556. The summed E-state index contributed by atoms with van der Waals surface area (Å²) in [6, 6.07) is 7.13. The Kier molecular flexibility index (Phi) is 5.88. The highest BCUT2D eigenvalue weighted by Crippen LogP contribution is 2.21. The minimum absolute atomic E-state index is 0.0693. The summed E-state index contributed by atoms with van der Waals surface area (Å²) in [5.74, 6) is 5.41. The van der Waals surface area contributed by atoms with Crippen LogP contribution in [0, 0.1) is 5.92 Å². The largest absolute Gasteiger partial charge is 0.491 e. The summed E-state index contributed by atoms with van der Waals surface area (Å²) >= 11 is 0. The Hall–Kier alpha value is -2.12. The summed E-state index contributed by atoms with van der Waals surface area (Å²) < 4.78 is 11.2. The molecule has 2 heterocycles. The summed E-state index contributed by atoms with van der Waals surface area (Å²) in [4.78, 5) is 26.0. The van der Waals surface area contributed by atoms with E-state index in [9.17, 15) is 9.59 Å². The van der Waals surface area contributed by atoms with Crippen molar-refractivity contribution in [2.24, 2.45) is 11.8 Å². The second-order valence-electron chi connectivity index (χ2n) is 6.57. The molecule has 2 amide bonds. The van der Waals surface area contributed by atoms with Gasteiger partial charge in [-0.15, -0.1) is 0 Å². The molecule has 2 aliphatic rings. The molecule has 2 unspecified atom stereocenters. The van der Waals surface area contributed by atoms with Crippen LogP contribution in [-0.2, 0) is 9.53 Å². The molecule has 3 rings (SSSR count). The molecule has 2 atom stereocenters. The van der Waals surface area contributed by atoms with E-state index in [0.29, 0.717) is 25.3 Å². The van der Waals surface area contributed by atoms with Crippen LogP contribution in [0.25, 0.3) is 0 Å². The highest BCUT2D eigenvalue weighted by Gasteiger charge is 2.28. The molecule has 2 fully saturated rings. The number of piperidine rings is 1. The van der Waals surface area contributed by atoms with Crippen LogP contribution >= 0.6 is 0 Å². The van der Waals surface area contributed by atoms with Gasteiger partial charge in [-0.2, -0.15) is 0 Å². The Balaban J connectivity index is 1.55. The number of rotatable bonds is 5. The lowest BCUT2D eigenvalue weighted by molar-refractivity contribution is -0.126. The van der Waals surface area contributed by atoms with E-state index in [4.69, 9.17) is 15.3 Å². The van der Waals surface area contributed by atoms with Gasteiger partial charge in [-0.25, -0.2) is 5.84 Å². The van der Waals surface area contributed by atoms with Gasteiger partial charge in [-0.3, -0.25) is 15.0 Å². The van der Waals surface area contributed by atoms with Crippen molar-refractivity contribution in [1.82, 2.24) is 10.3 Å². The lowest BCUT2D eigenvalue weighted by Gasteiger charge is -2.31. The molecule has 0 spiro atoms. The van der Waals surface area contributed by atoms with Crippen LogP contribution in [0.4, 0.5) is 0 Å². The number of nitrogens with zero attached hydrogens (tertiary/aromatic N) is 1. The molecule has 2 saturated heterocycles. The van der Waals surface area contributed by atoms with Crippen LogP contribution in [0.1, 0.15) is 36.0 Å². The maximum atomic E-state index is 12.6. The predicted octanol–water partition coefficient (Wildman–Crippen LogP) is 1.09. The summed E-state index contributed by atoms with van der Waals surface area (Å²) in [7, 11) is 0. The molecule has 3 N–H and O–H groups in total. The molecule has 0 saturated carbocycles. The van der Waals surface area contributed by atoms with Crippen molar-refractivity contribution in [3.05, 3.63) is 29.8 Å². The standard InChI is InChI=1S/C18H25N3O4/c19-20-17(22)14-3-1-9-21(11-14)18(23)13-5-7-15(8-6-13)25-12-16-4-2-10-24-16/h5-8,14,16H,1-4,9-12,19H2,(H,20,22). The summed E-state index contributed by atoms with van der Waals surface area (Å²) in [6.07, 6.45) is 3.83. The van der Waals surface area contributed by atoms with Crippen molar-refractivity contribution in [3.63, 3.8) is 0 Å². The van der Waals surface area contributed by atoms with Crippen molar-refractivity contribution in [1.29, 1.82) is 0 Å². The van der Waals surface area contributed by atoms with Crippen molar-refractivity contribution in [2.45, 2.75) is 31.8 Å². The lowest BCUT2D eigenvalue weighted by Crippen LogP contribution is -2.46. The molecule has 1 aromatic carbocycles. The summed E-state index contributed by atoms with van der Waals surface area (Å²) in [5.41, 5.74) is 2.77. The van der Waals surface area contributed by atoms with Crippen LogP contribution in [0.15, 0.2) is 24.3 Å².